The number of carbonyl (C=O) groups excluding carboxylic acids is 1. The average Bonchev–Trinajstić information content (AvgIpc) is 3.17. The Kier molecular flexibility index (Phi) is 5.74. The van der Waals surface area contributed by atoms with Crippen molar-refractivity contribution in [3.63, 3.8) is 0 Å². The van der Waals surface area contributed by atoms with Gasteiger partial charge in [0.1, 0.15) is 23.1 Å². The Morgan fingerprint density at radius 2 is 2.00 bits per heavy atom. The second kappa shape index (κ2) is 8.82. The summed E-state index contributed by atoms with van der Waals surface area (Å²) in [7, 11) is 1.65. The van der Waals surface area contributed by atoms with Gasteiger partial charge in [-0.1, -0.05) is 18.2 Å². The monoisotopic (exact) mass is 435 g/mol. The van der Waals surface area contributed by atoms with Crippen molar-refractivity contribution in [2.75, 3.05) is 33.3 Å². The molecule has 7 nitrogen and oxygen atoms in total. The van der Waals surface area contributed by atoms with Crippen LogP contribution in [0.15, 0.2) is 46.9 Å². The third-order valence-corrected chi connectivity index (χ3v) is 6.38. The molecule has 0 bridgehead atoms. The van der Waals surface area contributed by atoms with Crippen molar-refractivity contribution < 1.29 is 18.7 Å². The van der Waals surface area contributed by atoms with Gasteiger partial charge in [0.2, 0.25) is 5.91 Å². The van der Waals surface area contributed by atoms with Crippen LogP contribution in [-0.2, 0) is 11.3 Å². The van der Waals surface area contributed by atoms with Crippen molar-refractivity contribution in [1.29, 1.82) is 0 Å². The van der Waals surface area contributed by atoms with E-state index in [1.165, 1.54) is 0 Å². The first-order valence-corrected chi connectivity index (χ1v) is 11.3. The quantitative estimate of drug-likeness (QED) is 0.621. The van der Waals surface area contributed by atoms with Crippen LogP contribution in [0.4, 0.5) is 0 Å². The van der Waals surface area contributed by atoms with Crippen LogP contribution >= 0.6 is 0 Å². The molecule has 0 saturated carbocycles. The molecule has 3 aromatic rings. The average molecular weight is 436 g/mol. The number of rotatable bonds is 4. The summed E-state index contributed by atoms with van der Waals surface area (Å²) >= 11 is 0. The minimum atomic E-state index is 0.000974. The molecular weight excluding hydrogens is 406 g/mol. The minimum Gasteiger partial charge on any atom is -0.497 e. The molecule has 7 heteroatoms. The molecule has 2 aliphatic rings. The number of methoxy groups -OCH3 is 1. The normalized spacial score (nSPS) is 19.9. The Morgan fingerprint density at radius 3 is 2.78 bits per heavy atom. The number of likely N-dealkylation sites (tertiary alicyclic amines) is 1. The smallest absolute Gasteiger partial charge is 0.236 e. The first-order valence-electron chi connectivity index (χ1n) is 11.3. The zero-order valence-electron chi connectivity index (χ0n) is 18.6. The number of carbonyl (C=O) groups is 1. The number of benzene rings is 2. The molecule has 3 heterocycles. The van der Waals surface area contributed by atoms with Gasteiger partial charge in [-0.15, -0.1) is 0 Å². The van der Waals surface area contributed by atoms with E-state index in [0.717, 1.165) is 60.0 Å². The van der Waals surface area contributed by atoms with Crippen LogP contribution in [0.25, 0.3) is 11.1 Å². The fraction of sp³-hybridized carbons (Fsp3) is 0.440. The van der Waals surface area contributed by atoms with Crippen molar-refractivity contribution in [3.05, 3.63) is 53.9 Å². The van der Waals surface area contributed by atoms with Crippen LogP contribution in [0.5, 0.6) is 11.5 Å². The number of piperidine rings is 1. The van der Waals surface area contributed by atoms with E-state index in [9.17, 15) is 4.79 Å². The van der Waals surface area contributed by atoms with Crippen molar-refractivity contribution in [2.24, 2.45) is 0 Å². The summed E-state index contributed by atoms with van der Waals surface area (Å²) in [5.41, 5.74) is 2.81. The zero-order chi connectivity index (χ0) is 22.1. The highest BCUT2D eigenvalue weighted by Gasteiger charge is 2.29. The summed E-state index contributed by atoms with van der Waals surface area (Å²) < 4.78 is 17.4. The lowest BCUT2D eigenvalue weighted by atomic mass is 9.96. The van der Waals surface area contributed by atoms with Crippen LogP contribution in [-0.4, -0.2) is 60.1 Å². The molecule has 1 atom stereocenters. The summed E-state index contributed by atoms with van der Waals surface area (Å²) in [5, 5.41) is 0. The second-order valence-corrected chi connectivity index (χ2v) is 8.75. The first kappa shape index (κ1) is 20.8. The van der Waals surface area contributed by atoms with Crippen LogP contribution in [0, 0.1) is 0 Å². The third kappa shape index (κ3) is 4.30. The van der Waals surface area contributed by atoms with Gasteiger partial charge in [0.15, 0.2) is 11.5 Å². The maximum absolute atomic E-state index is 13.1. The Bertz CT molecular complexity index is 1070. The SMILES string of the molecule is COc1ccc2c(c1)OC(C)CN(CC(=O)N1CCC(c3nc4ccccc4o3)CC1)C2. The van der Waals surface area contributed by atoms with E-state index in [-0.39, 0.29) is 17.9 Å². The molecular formula is C25H29N3O4. The van der Waals surface area contributed by atoms with Gasteiger partial charge in [-0.3, -0.25) is 9.69 Å². The van der Waals surface area contributed by atoms with E-state index in [2.05, 4.69) is 9.88 Å². The summed E-state index contributed by atoms with van der Waals surface area (Å²) in [6.45, 7) is 5.30. The van der Waals surface area contributed by atoms with Gasteiger partial charge in [-0.05, 0) is 38.0 Å². The highest BCUT2D eigenvalue weighted by molar-refractivity contribution is 5.78. The van der Waals surface area contributed by atoms with E-state index in [1.807, 2.05) is 54.3 Å². The van der Waals surface area contributed by atoms with Gasteiger partial charge in [-0.2, -0.15) is 0 Å². The first-order chi connectivity index (χ1) is 15.6. The number of fused-ring (bicyclic) bond motifs is 2. The van der Waals surface area contributed by atoms with Gasteiger partial charge in [0.05, 0.1) is 13.7 Å². The predicted molar refractivity (Wildman–Crippen MR) is 121 cm³/mol. The van der Waals surface area contributed by atoms with Crippen molar-refractivity contribution in [2.45, 2.75) is 38.3 Å². The van der Waals surface area contributed by atoms with Gasteiger partial charge < -0.3 is 18.8 Å². The zero-order valence-corrected chi connectivity index (χ0v) is 18.6. The molecule has 0 aliphatic carbocycles. The number of para-hydroxylation sites is 2. The minimum absolute atomic E-state index is 0.000974. The number of ether oxygens (including phenoxy) is 2. The molecule has 1 aromatic heterocycles. The van der Waals surface area contributed by atoms with E-state index < -0.39 is 0 Å². The number of aromatic nitrogens is 1. The lowest BCUT2D eigenvalue weighted by Gasteiger charge is -2.32. The molecule has 1 saturated heterocycles. The molecule has 0 N–H and O–H groups in total. The molecule has 0 radical (unpaired) electrons. The van der Waals surface area contributed by atoms with Crippen molar-refractivity contribution in [3.8, 4) is 11.5 Å². The second-order valence-electron chi connectivity index (χ2n) is 8.75. The van der Waals surface area contributed by atoms with E-state index in [4.69, 9.17) is 13.9 Å². The molecule has 2 aromatic carbocycles. The largest absolute Gasteiger partial charge is 0.497 e. The Hall–Kier alpha value is -3.06. The van der Waals surface area contributed by atoms with Gasteiger partial charge >= 0.3 is 0 Å². The molecule has 168 valence electrons. The van der Waals surface area contributed by atoms with Gasteiger partial charge in [0.25, 0.3) is 0 Å². The van der Waals surface area contributed by atoms with E-state index in [0.29, 0.717) is 19.6 Å². The fourth-order valence-corrected chi connectivity index (χ4v) is 4.68. The number of hydrogen-bond donors (Lipinski definition) is 0. The van der Waals surface area contributed by atoms with Crippen LogP contribution in [0.3, 0.4) is 0 Å². The van der Waals surface area contributed by atoms with E-state index >= 15 is 0 Å². The Morgan fingerprint density at radius 1 is 1.19 bits per heavy atom. The molecule has 5 rings (SSSR count). The lowest BCUT2D eigenvalue weighted by Crippen LogP contribution is -2.45. The fourth-order valence-electron chi connectivity index (χ4n) is 4.68. The lowest BCUT2D eigenvalue weighted by molar-refractivity contribution is -0.133. The number of hydrogen-bond acceptors (Lipinski definition) is 6. The van der Waals surface area contributed by atoms with Crippen LogP contribution in [0.1, 0.15) is 37.1 Å². The molecule has 32 heavy (non-hydrogen) atoms. The van der Waals surface area contributed by atoms with Crippen molar-refractivity contribution in [1.82, 2.24) is 14.8 Å². The van der Waals surface area contributed by atoms with Gasteiger partial charge in [0, 0.05) is 43.7 Å². The van der Waals surface area contributed by atoms with Crippen molar-refractivity contribution >= 4 is 17.0 Å². The van der Waals surface area contributed by atoms with Crippen LogP contribution < -0.4 is 9.47 Å². The highest BCUT2D eigenvalue weighted by Crippen LogP contribution is 2.31. The van der Waals surface area contributed by atoms with Crippen LogP contribution in [0.2, 0.25) is 0 Å². The molecule has 1 fully saturated rings. The maximum atomic E-state index is 13.1. The summed E-state index contributed by atoms with van der Waals surface area (Å²) in [4.78, 5) is 21.9. The third-order valence-electron chi connectivity index (χ3n) is 6.38. The van der Waals surface area contributed by atoms with E-state index in [1.54, 1.807) is 7.11 Å². The molecule has 1 amide bonds. The number of oxazole rings is 1. The summed E-state index contributed by atoms with van der Waals surface area (Å²) in [6.07, 6.45) is 1.75. The topological polar surface area (TPSA) is 68.0 Å². The maximum Gasteiger partial charge on any atom is 0.236 e. The number of nitrogens with zero attached hydrogens (tertiary/aromatic N) is 3. The summed E-state index contributed by atoms with van der Waals surface area (Å²) in [6, 6.07) is 13.7. The Labute approximate surface area is 187 Å². The number of amides is 1. The highest BCUT2D eigenvalue weighted by atomic mass is 16.5. The van der Waals surface area contributed by atoms with Gasteiger partial charge in [-0.25, -0.2) is 4.98 Å². The Balaban J connectivity index is 1.20. The molecule has 0 spiro atoms. The standard InChI is InChI=1S/C25H29N3O4/c1-17-14-27(15-19-7-8-20(30-2)13-23(19)31-17)16-24(29)28-11-9-18(10-12-28)25-26-21-5-3-4-6-22(21)32-25/h3-8,13,17-18H,9-12,14-16H2,1-2H3. The molecule has 1 unspecified atom stereocenters. The predicted octanol–water partition coefficient (Wildman–Crippen LogP) is 3.83. The summed E-state index contributed by atoms with van der Waals surface area (Å²) in [5.74, 6) is 2.85. The molecule has 2 aliphatic heterocycles.